The van der Waals surface area contributed by atoms with Gasteiger partial charge in [0.05, 0.1) is 28.5 Å². The number of benzene rings is 2. The van der Waals surface area contributed by atoms with Crippen molar-refractivity contribution in [2.45, 2.75) is 4.90 Å². The third kappa shape index (κ3) is 4.36. The van der Waals surface area contributed by atoms with E-state index in [0.29, 0.717) is 11.1 Å². The molecular formula is C23H13ClN4O5S. The summed E-state index contributed by atoms with van der Waals surface area (Å²) in [6.45, 7) is 0. The number of furan rings is 2. The van der Waals surface area contributed by atoms with Crippen LogP contribution in [-0.4, -0.2) is 14.4 Å². The Labute approximate surface area is 198 Å². The molecule has 2 aromatic heterocycles. The van der Waals surface area contributed by atoms with E-state index in [1.807, 2.05) is 16.9 Å². The van der Waals surface area contributed by atoms with Gasteiger partial charge < -0.3 is 8.83 Å². The van der Waals surface area contributed by atoms with Gasteiger partial charge in [-0.3, -0.25) is 5.32 Å². The van der Waals surface area contributed by atoms with E-state index < -0.39 is 16.1 Å². The quantitative estimate of drug-likeness (QED) is 0.392. The maximum absolute atomic E-state index is 12.6. The zero-order valence-electron chi connectivity index (χ0n) is 17.1. The van der Waals surface area contributed by atoms with Crippen molar-refractivity contribution in [3.05, 3.63) is 83.1 Å². The van der Waals surface area contributed by atoms with Crippen molar-refractivity contribution in [2.75, 3.05) is 5.32 Å². The van der Waals surface area contributed by atoms with Crippen molar-refractivity contribution in [3.8, 4) is 34.8 Å². The number of nitrogens with one attached hydrogen (secondary N) is 2. The molecule has 9 nitrogen and oxygen atoms in total. The molecule has 2 heterocycles. The second-order valence-corrected chi connectivity index (χ2v) is 8.84. The Morgan fingerprint density at radius 2 is 1.71 bits per heavy atom. The van der Waals surface area contributed by atoms with E-state index in [2.05, 4.69) is 5.32 Å². The number of carbonyl (C=O) groups is 1. The number of urea groups is 1. The lowest BCUT2D eigenvalue weighted by Crippen LogP contribution is -2.34. The minimum Gasteiger partial charge on any atom is -0.461 e. The molecule has 0 bridgehead atoms. The third-order valence-corrected chi connectivity index (χ3v) is 6.48. The van der Waals surface area contributed by atoms with E-state index in [0.717, 1.165) is 0 Å². The molecule has 0 saturated heterocycles. The normalized spacial score (nSPS) is 10.8. The molecule has 2 amide bonds. The molecule has 0 radical (unpaired) electrons. The maximum atomic E-state index is 12.6. The topological polar surface area (TPSA) is 149 Å². The van der Waals surface area contributed by atoms with Crippen molar-refractivity contribution in [1.82, 2.24) is 4.72 Å². The summed E-state index contributed by atoms with van der Waals surface area (Å²) in [4.78, 5) is 12.4. The molecule has 0 spiro atoms. The van der Waals surface area contributed by atoms with Crippen LogP contribution in [0.15, 0.2) is 80.7 Å². The summed E-state index contributed by atoms with van der Waals surface area (Å²) in [5, 5.41) is 21.2. The van der Waals surface area contributed by atoms with Gasteiger partial charge in [0.15, 0.2) is 11.5 Å². The first-order valence-electron chi connectivity index (χ1n) is 9.53. The van der Waals surface area contributed by atoms with Gasteiger partial charge in [-0.1, -0.05) is 35.9 Å². The van der Waals surface area contributed by atoms with E-state index in [9.17, 15) is 18.5 Å². The van der Waals surface area contributed by atoms with Gasteiger partial charge >= 0.3 is 6.03 Å². The fourth-order valence-electron chi connectivity index (χ4n) is 3.16. The number of anilines is 1. The highest BCUT2D eigenvalue weighted by Crippen LogP contribution is 2.41. The second kappa shape index (κ2) is 9.16. The molecule has 0 unspecified atom stereocenters. The Hall–Kier alpha value is -4.51. The summed E-state index contributed by atoms with van der Waals surface area (Å²) in [7, 11) is -4.30. The lowest BCUT2D eigenvalue weighted by molar-refractivity contribution is 0.256. The predicted octanol–water partition coefficient (Wildman–Crippen LogP) is 5.11. The molecule has 4 rings (SSSR count). The summed E-state index contributed by atoms with van der Waals surface area (Å²) in [6, 6.07) is 17.9. The summed E-state index contributed by atoms with van der Waals surface area (Å²) < 4.78 is 38.2. The number of amides is 2. The average Bonchev–Trinajstić information content (AvgIpc) is 3.46. The third-order valence-electron chi connectivity index (χ3n) is 4.65. The number of rotatable bonds is 5. The molecule has 4 aromatic rings. The van der Waals surface area contributed by atoms with Crippen molar-refractivity contribution in [2.24, 2.45) is 0 Å². The van der Waals surface area contributed by atoms with Crippen LogP contribution < -0.4 is 10.0 Å². The SMILES string of the molecule is N#Cc1ccc(-c2c(NC(=O)NS(=O)(=O)c3ccccc3Cl)oc(-c3ccco3)c2C#N)cc1. The number of halogens is 1. The summed E-state index contributed by atoms with van der Waals surface area (Å²) in [5.74, 6) is 0.0687. The van der Waals surface area contributed by atoms with Gasteiger partial charge in [0.1, 0.15) is 16.5 Å². The number of carbonyl (C=O) groups excluding carboxylic acids is 1. The monoisotopic (exact) mass is 492 g/mol. The van der Waals surface area contributed by atoms with E-state index in [4.69, 9.17) is 25.7 Å². The first-order chi connectivity index (χ1) is 16.3. The smallest absolute Gasteiger partial charge is 0.335 e. The molecule has 0 atom stereocenters. The highest BCUT2D eigenvalue weighted by atomic mass is 35.5. The van der Waals surface area contributed by atoms with E-state index in [1.54, 1.807) is 30.3 Å². The summed E-state index contributed by atoms with van der Waals surface area (Å²) in [5.41, 5.74) is 1.06. The number of nitrogens with zero attached hydrogens (tertiary/aromatic N) is 2. The molecule has 34 heavy (non-hydrogen) atoms. The summed E-state index contributed by atoms with van der Waals surface area (Å²) >= 11 is 5.94. The number of hydrogen-bond acceptors (Lipinski definition) is 7. The predicted molar refractivity (Wildman–Crippen MR) is 122 cm³/mol. The van der Waals surface area contributed by atoms with Gasteiger partial charge in [-0.15, -0.1) is 0 Å². The molecule has 2 N–H and O–H groups in total. The lowest BCUT2D eigenvalue weighted by Gasteiger charge is -2.09. The van der Waals surface area contributed by atoms with Crippen LogP contribution in [0.1, 0.15) is 11.1 Å². The van der Waals surface area contributed by atoms with E-state index in [1.165, 1.54) is 36.6 Å². The molecule has 0 saturated carbocycles. The first kappa shape index (κ1) is 22.7. The maximum Gasteiger partial charge on any atom is 0.335 e. The number of nitriles is 2. The van der Waals surface area contributed by atoms with Gasteiger partial charge in [0.25, 0.3) is 10.0 Å². The van der Waals surface area contributed by atoms with E-state index >= 15 is 0 Å². The second-order valence-electron chi connectivity index (χ2n) is 6.78. The molecule has 0 aliphatic heterocycles. The molecule has 0 aliphatic rings. The molecular weight excluding hydrogens is 480 g/mol. The highest BCUT2D eigenvalue weighted by molar-refractivity contribution is 7.90. The molecule has 2 aromatic carbocycles. The fourth-order valence-corrected chi connectivity index (χ4v) is 4.59. The van der Waals surface area contributed by atoms with Crippen LogP contribution >= 0.6 is 11.6 Å². The van der Waals surface area contributed by atoms with Crippen LogP contribution in [0.4, 0.5) is 10.7 Å². The molecule has 0 fully saturated rings. The van der Waals surface area contributed by atoms with Gasteiger partial charge in [-0.2, -0.15) is 10.5 Å². The molecule has 0 aliphatic carbocycles. The van der Waals surface area contributed by atoms with E-state index in [-0.39, 0.29) is 38.4 Å². The summed E-state index contributed by atoms with van der Waals surface area (Å²) in [6.07, 6.45) is 1.39. The minimum atomic E-state index is -4.30. The minimum absolute atomic E-state index is 0.0381. The average molecular weight is 493 g/mol. The Balaban J connectivity index is 1.75. The van der Waals surface area contributed by atoms with Crippen molar-refractivity contribution >= 4 is 33.5 Å². The van der Waals surface area contributed by atoms with Gasteiger partial charge in [-0.25, -0.2) is 17.9 Å². The highest BCUT2D eigenvalue weighted by Gasteiger charge is 2.27. The first-order valence-corrected chi connectivity index (χ1v) is 11.4. The largest absolute Gasteiger partial charge is 0.461 e. The van der Waals surface area contributed by atoms with Crippen LogP contribution in [0, 0.1) is 22.7 Å². The Bertz CT molecular complexity index is 1560. The molecule has 168 valence electrons. The Kier molecular flexibility index (Phi) is 6.11. The van der Waals surface area contributed by atoms with Crippen LogP contribution in [0.2, 0.25) is 5.02 Å². The number of sulfonamides is 1. The van der Waals surface area contributed by atoms with Gasteiger partial charge in [-0.05, 0) is 42.0 Å². The lowest BCUT2D eigenvalue weighted by atomic mass is 10.0. The Morgan fingerprint density at radius 1 is 0.971 bits per heavy atom. The zero-order chi connectivity index (χ0) is 24.3. The van der Waals surface area contributed by atoms with Gasteiger partial charge in [0, 0.05) is 0 Å². The zero-order valence-corrected chi connectivity index (χ0v) is 18.6. The van der Waals surface area contributed by atoms with Crippen LogP contribution in [0.3, 0.4) is 0 Å². The van der Waals surface area contributed by atoms with Crippen molar-refractivity contribution in [1.29, 1.82) is 10.5 Å². The van der Waals surface area contributed by atoms with Crippen LogP contribution in [-0.2, 0) is 10.0 Å². The number of hydrogen-bond donors (Lipinski definition) is 2. The van der Waals surface area contributed by atoms with Crippen LogP contribution in [0.25, 0.3) is 22.6 Å². The Morgan fingerprint density at radius 3 is 2.32 bits per heavy atom. The van der Waals surface area contributed by atoms with Gasteiger partial charge in [0.2, 0.25) is 5.88 Å². The van der Waals surface area contributed by atoms with Crippen molar-refractivity contribution < 1.29 is 22.0 Å². The standard InChI is InChI=1S/C23H13ClN4O5S/c24-17-4-1-2-6-19(17)34(30,31)28-23(29)27-22-20(15-9-7-14(12-25)8-10-15)16(13-26)21(33-22)18-5-3-11-32-18/h1-11H,(H2,27,28,29). The van der Waals surface area contributed by atoms with Crippen LogP contribution in [0.5, 0.6) is 0 Å². The molecule has 11 heteroatoms. The van der Waals surface area contributed by atoms with Crippen molar-refractivity contribution in [3.63, 3.8) is 0 Å². The fraction of sp³-hybridized carbons (Fsp3) is 0.